The number of hydrogen-bond donors (Lipinski definition) is 1. The van der Waals surface area contributed by atoms with Crippen LogP contribution in [0.1, 0.15) is 39.2 Å². The minimum absolute atomic E-state index is 0.156. The highest BCUT2D eigenvalue weighted by Gasteiger charge is 2.31. The van der Waals surface area contributed by atoms with Gasteiger partial charge in [-0.2, -0.15) is 0 Å². The lowest BCUT2D eigenvalue weighted by Crippen LogP contribution is -2.52. The van der Waals surface area contributed by atoms with Gasteiger partial charge in [-0.1, -0.05) is 0 Å². The van der Waals surface area contributed by atoms with Gasteiger partial charge in [0.05, 0.1) is 11.7 Å². The average Bonchev–Trinajstić information content (AvgIpc) is 3.17. The largest absolute Gasteiger partial charge is 0.369 e. The normalized spacial score (nSPS) is 25.1. The minimum Gasteiger partial charge on any atom is -0.369 e. The quantitative estimate of drug-likeness (QED) is 0.923. The van der Waals surface area contributed by atoms with Crippen molar-refractivity contribution in [1.82, 2.24) is 5.32 Å². The summed E-state index contributed by atoms with van der Waals surface area (Å²) >= 11 is 0. The Hall–Kier alpha value is -1.13. The molecule has 2 aliphatic rings. The Bertz CT molecular complexity index is 514. The molecule has 1 aromatic carbocycles. The second-order valence-corrected chi connectivity index (χ2v) is 7.04. The van der Waals surface area contributed by atoms with E-state index in [1.807, 2.05) is 0 Å². The first-order valence-corrected chi connectivity index (χ1v) is 7.87. The first-order valence-electron chi connectivity index (χ1n) is 7.87. The van der Waals surface area contributed by atoms with E-state index in [1.165, 1.54) is 12.8 Å². The van der Waals surface area contributed by atoms with Gasteiger partial charge in [-0.3, -0.25) is 0 Å². The summed E-state index contributed by atoms with van der Waals surface area (Å²) < 4.78 is 19.9. The zero-order valence-electron chi connectivity index (χ0n) is 13.2. The highest BCUT2D eigenvalue weighted by molar-refractivity contribution is 5.50. The SMILES string of the molecule is CC1CN(c2cc(F)cc(CNC3CC3)c2)CC(C)(C)O1. The number of rotatable bonds is 4. The van der Waals surface area contributed by atoms with Crippen molar-refractivity contribution in [3.8, 4) is 0 Å². The molecule has 4 heteroatoms. The lowest BCUT2D eigenvalue weighted by molar-refractivity contribution is -0.0749. The molecule has 1 unspecified atom stereocenters. The molecule has 1 aliphatic heterocycles. The Labute approximate surface area is 126 Å². The van der Waals surface area contributed by atoms with Gasteiger partial charge in [0, 0.05) is 31.4 Å². The fourth-order valence-corrected chi connectivity index (χ4v) is 3.12. The van der Waals surface area contributed by atoms with Crippen molar-refractivity contribution in [3.63, 3.8) is 0 Å². The number of benzene rings is 1. The van der Waals surface area contributed by atoms with Crippen LogP contribution in [-0.2, 0) is 11.3 Å². The fourth-order valence-electron chi connectivity index (χ4n) is 3.12. The number of nitrogens with one attached hydrogen (secondary N) is 1. The molecular weight excluding hydrogens is 267 g/mol. The van der Waals surface area contributed by atoms with Gasteiger partial charge in [-0.05, 0) is 57.4 Å². The van der Waals surface area contributed by atoms with Gasteiger partial charge < -0.3 is 15.0 Å². The van der Waals surface area contributed by atoms with E-state index in [0.717, 1.165) is 30.9 Å². The number of halogens is 1. The molecule has 0 bridgehead atoms. The molecular formula is C17H25FN2O. The Morgan fingerprint density at radius 3 is 2.76 bits per heavy atom. The summed E-state index contributed by atoms with van der Waals surface area (Å²) in [7, 11) is 0. The van der Waals surface area contributed by atoms with Crippen LogP contribution in [0.3, 0.4) is 0 Å². The van der Waals surface area contributed by atoms with Gasteiger partial charge in [-0.15, -0.1) is 0 Å². The second-order valence-electron chi connectivity index (χ2n) is 7.04. The van der Waals surface area contributed by atoms with Gasteiger partial charge >= 0.3 is 0 Å². The van der Waals surface area contributed by atoms with Crippen LogP contribution >= 0.6 is 0 Å². The zero-order valence-corrected chi connectivity index (χ0v) is 13.2. The van der Waals surface area contributed by atoms with E-state index in [1.54, 1.807) is 12.1 Å². The number of anilines is 1. The summed E-state index contributed by atoms with van der Waals surface area (Å²) in [6.07, 6.45) is 2.65. The molecule has 1 aromatic rings. The molecule has 1 N–H and O–H groups in total. The third-order valence-electron chi connectivity index (χ3n) is 4.05. The average molecular weight is 292 g/mol. The van der Waals surface area contributed by atoms with Crippen LogP contribution in [0.2, 0.25) is 0 Å². The van der Waals surface area contributed by atoms with E-state index in [0.29, 0.717) is 6.04 Å². The number of morpholine rings is 1. The fraction of sp³-hybridized carbons (Fsp3) is 0.647. The lowest BCUT2D eigenvalue weighted by Gasteiger charge is -2.43. The third-order valence-corrected chi connectivity index (χ3v) is 4.05. The summed E-state index contributed by atoms with van der Waals surface area (Å²) in [6, 6.07) is 6.01. The number of ether oxygens (including phenoxy) is 1. The summed E-state index contributed by atoms with van der Waals surface area (Å²) in [5.74, 6) is -0.156. The molecule has 2 fully saturated rings. The first kappa shape index (κ1) is 14.8. The molecule has 116 valence electrons. The summed E-state index contributed by atoms with van der Waals surface area (Å²) in [5, 5.41) is 3.45. The van der Waals surface area contributed by atoms with E-state index in [9.17, 15) is 4.39 Å². The Balaban J connectivity index is 1.76. The van der Waals surface area contributed by atoms with E-state index in [2.05, 4.69) is 37.1 Å². The van der Waals surface area contributed by atoms with Crippen LogP contribution in [0.25, 0.3) is 0 Å². The van der Waals surface area contributed by atoms with Gasteiger partial charge in [0.2, 0.25) is 0 Å². The van der Waals surface area contributed by atoms with Crippen molar-refractivity contribution >= 4 is 5.69 Å². The first-order chi connectivity index (χ1) is 9.91. The van der Waals surface area contributed by atoms with Gasteiger partial charge in [-0.25, -0.2) is 4.39 Å². The monoisotopic (exact) mass is 292 g/mol. The van der Waals surface area contributed by atoms with Gasteiger partial charge in [0.1, 0.15) is 5.82 Å². The van der Waals surface area contributed by atoms with Crippen molar-refractivity contribution in [2.75, 3.05) is 18.0 Å². The third kappa shape index (κ3) is 3.95. The zero-order chi connectivity index (χ0) is 15.0. The van der Waals surface area contributed by atoms with Crippen molar-refractivity contribution < 1.29 is 9.13 Å². The maximum Gasteiger partial charge on any atom is 0.125 e. The molecule has 1 atom stereocenters. The maximum absolute atomic E-state index is 13.9. The van der Waals surface area contributed by atoms with Gasteiger partial charge in [0.15, 0.2) is 0 Å². The highest BCUT2D eigenvalue weighted by atomic mass is 19.1. The highest BCUT2D eigenvalue weighted by Crippen LogP contribution is 2.28. The molecule has 3 nitrogen and oxygen atoms in total. The lowest BCUT2D eigenvalue weighted by atomic mass is 10.0. The van der Waals surface area contributed by atoms with Crippen LogP contribution in [0.15, 0.2) is 18.2 Å². The van der Waals surface area contributed by atoms with E-state index < -0.39 is 0 Å². The standard InChI is InChI=1S/C17H25FN2O/c1-12-10-20(11-17(2,3)21-12)16-7-13(6-14(18)8-16)9-19-15-4-5-15/h6-8,12,15,19H,4-5,9-11H2,1-3H3. The molecule has 1 aliphatic carbocycles. The van der Waals surface area contributed by atoms with E-state index in [4.69, 9.17) is 4.74 Å². The molecule has 1 heterocycles. The maximum atomic E-state index is 13.9. The molecule has 1 saturated carbocycles. The second kappa shape index (κ2) is 5.58. The molecule has 0 radical (unpaired) electrons. The summed E-state index contributed by atoms with van der Waals surface area (Å²) in [4.78, 5) is 2.23. The topological polar surface area (TPSA) is 24.5 Å². The molecule has 0 aromatic heterocycles. The minimum atomic E-state index is -0.198. The van der Waals surface area contributed by atoms with Crippen LogP contribution in [0.4, 0.5) is 10.1 Å². The Morgan fingerprint density at radius 2 is 2.10 bits per heavy atom. The van der Waals surface area contributed by atoms with Crippen molar-refractivity contribution in [3.05, 3.63) is 29.6 Å². The molecule has 0 spiro atoms. The predicted octanol–water partition coefficient (Wildman–Crippen LogP) is 3.08. The Morgan fingerprint density at radius 1 is 1.33 bits per heavy atom. The summed E-state index contributed by atoms with van der Waals surface area (Å²) in [6.45, 7) is 8.59. The molecule has 3 rings (SSSR count). The van der Waals surface area contributed by atoms with Gasteiger partial charge in [0.25, 0.3) is 0 Å². The van der Waals surface area contributed by atoms with Crippen LogP contribution in [-0.4, -0.2) is 30.8 Å². The molecule has 1 saturated heterocycles. The predicted molar refractivity (Wildman–Crippen MR) is 83.1 cm³/mol. The van der Waals surface area contributed by atoms with E-state index in [-0.39, 0.29) is 17.5 Å². The van der Waals surface area contributed by atoms with Crippen molar-refractivity contribution in [2.45, 2.75) is 57.9 Å². The van der Waals surface area contributed by atoms with Crippen LogP contribution < -0.4 is 10.2 Å². The number of hydrogen-bond acceptors (Lipinski definition) is 3. The van der Waals surface area contributed by atoms with Crippen molar-refractivity contribution in [2.24, 2.45) is 0 Å². The smallest absolute Gasteiger partial charge is 0.125 e. The number of nitrogens with zero attached hydrogens (tertiary/aromatic N) is 1. The van der Waals surface area contributed by atoms with Crippen LogP contribution in [0.5, 0.6) is 0 Å². The van der Waals surface area contributed by atoms with Crippen LogP contribution in [0, 0.1) is 5.82 Å². The van der Waals surface area contributed by atoms with Crippen molar-refractivity contribution in [1.29, 1.82) is 0 Å². The summed E-state index contributed by atoms with van der Waals surface area (Å²) in [5.41, 5.74) is 1.79. The molecule has 21 heavy (non-hydrogen) atoms. The van der Waals surface area contributed by atoms with E-state index >= 15 is 0 Å². The molecule has 0 amide bonds. The Kier molecular flexibility index (Phi) is 3.93.